The van der Waals surface area contributed by atoms with Gasteiger partial charge in [-0.3, -0.25) is 9.62 Å². The molecule has 22 heteroatoms. The third kappa shape index (κ3) is 3.76. The molecular weight excluding hydrogens is 732 g/mol. The summed E-state index contributed by atoms with van der Waals surface area (Å²) in [6.07, 6.45) is 3.26. The van der Waals surface area contributed by atoms with E-state index in [1.54, 1.807) is 50.2 Å². The van der Waals surface area contributed by atoms with Crippen molar-refractivity contribution >= 4 is 85.5 Å². The average molecular weight is 758 g/mol. The van der Waals surface area contributed by atoms with Crippen LogP contribution in [0.25, 0.3) is 11.4 Å². The number of hydrogen-bond acceptors (Lipinski definition) is 4. The third-order valence-electron chi connectivity index (χ3n) is 10.5. The molecule has 8 nitrogen and oxygen atoms in total. The van der Waals surface area contributed by atoms with Gasteiger partial charge in [0.2, 0.25) is 0 Å². The zero-order chi connectivity index (χ0) is 36.3. The highest BCUT2D eigenvalue weighted by Crippen LogP contribution is 2.51. The Balaban J connectivity index is 1.23. The van der Waals surface area contributed by atoms with Crippen molar-refractivity contribution in [2.75, 3.05) is 9.62 Å². The number of nitrogens with zero attached hydrogens (tertiary/aromatic N) is 8. The summed E-state index contributed by atoms with van der Waals surface area (Å²) in [4.78, 5) is 2.02. The maximum atomic E-state index is 17.4. The summed E-state index contributed by atoms with van der Waals surface area (Å²) in [5.74, 6) is 0. The van der Waals surface area contributed by atoms with Crippen molar-refractivity contribution in [3.8, 4) is 11.4 Å². The van der Waals surface area contributed by atoms with Gasteiger partial charge in [0.25, 0.3) is 10.3 Å². The summed E-state index contributed by atoms with van der Waals surface area (Å²) in [7, 11) is 0. The van der Waals surface area contributed by atoms with Crippen molar-refractivity contribution in [3.63, 3.8) is 0 Å². The van der Waals surface area contributed by atoms with E-state index < -0.39 is 38.2 Å². The minimum absolute atomic E-state index is 0.0929. The number of amidine groups is 2. The molecule has 0 atom stereocenters. The lowest BCUT2D eigenvalue weighted by Crippen LogP contribution is -2.61. The van der Waals surface area contributed by atoms with Gasteiger partial charge in [-0.05, 0) is 83.9 Å². The lowest BCUT2D eigenvalue weighted by Gasteiger charge is -2.34. The SMILES string of the molecule is CCCc1cc(-c2cc(CCC)c3n2[B-](F)(F)[N+]2=C4Sc5ccccc5N4[B-](F)(F)[N+]2=C3)n2c1C=[N+]1[N+](=C3Sc4ccccc4N3[B-]1(F)F)[B-]2(F)F. The predicted molar refractivity (Wildman–Crippen MR) is 189 cm³/mol. The van der Waals surface area contributed by atoms with Crippen molar-refractivity contribution in [2.45, 2.75) is 49.3 Å². The molecule has 0 bridgehead atoms. The van der Waals surface area contributed by atoms with Gasteiger partial charge in [-0.25, -0.2) is 0 Å². The number of aromatic nitrogens is 2. The van der Waals surface area contributed by atoms with E-state index in [1.807, 2.05) is 0 Å². The molecule has 0 saturated heterocycles. The normalized spacial score (nSPS) is 21.7. The molecule has 2 aromatic carbocycles. The first-order valence-corrected chi connectivity index (χ1v) is 18.7. The van der Waals surface area contributed by atoms with Crippen LogP contribution in [-0.4, -0.2) is 78.0 Å². The van der Waals surface area contributed by atoms with Gasteiger partial charge in [0.05, 0.1) is 21.2 Å². The zero-order valence-corrected chi connectivity index (χ0v) is 29.1. The van der Waals surface area contributed by atoms with Gasteiger partial charge in [-0.15, -0.1) is 0 Å². The third-order valence-corrected chi connectivity index (χ3v) is 12.8. The van der Waals surface area contributed by atoms with Crippen LogP contribution in [0.15, 0.2) is 70.5 Å². The van der Waals surface area contributed by atoms with E-state index in [2.05, 4.69) is 0 Å². The van der Waals surface area contributed by atoms with Crippen LogP contribution in [0.3, 0.4) is 0 Å². The highest BCUT2D eigenvalue weighted by Gasteiger charge is 2.76. The van der Waals surface area contributed by atoms with Crippen LogP contribution < -0.4 is 9.62 Å². The second-order valence-corrected chi connectivity index (χ2v) is 15.6. The number of thioether (sulfide) groups is 2. The summed E-state index contributed by atoms with van der Waals surface area (Å²) in [5.41, 5.74) is -0.335. The average Bonchev–Trinajstić information content (AvgIpc) is 3.90. The summed E-state index contributed by atoms with van der Waals surface area (Å²) in [6.45, 7) is -16.2. The first kappa shape index (κ1) is 32.3. The van der Waals surface area contributed by atoms with E-state index in [-0.39, 0.29) is 58.1 Å². The fourth-order valence-corrected chi connectivity index (χ4v) is 11.0. The van der Waals surface area contributed by atoms with Crippen LogP contribution in [-0.2, 0) is 12.8 Å². The van der Waals surface area contributed by atoms with E-state index in [0.29, 0.717) is 59.6 Å². The molecule has 6 aliphatic heterocycles. The minimum atomic E-state index is -5.13. The minimum Gasteiger partial charge on any atom is -0.411 e. The van der Waals surface area contributed by atoms with Crippen molar-refractivity contribution < 1.29 is 52.9 Å². The van der Waals surface area contributed by atoms with Crippen LogP contribution in [0.5, 0.6) is 0 Å². The second-order valence-electron chi connectivity index (χ2n) is 13.6. The first-order chi connectivity index (χ1) is 24.7. The van der Waals surface area contributed by atoms with Crippen molar-refractivity contribution in [3.05, 3.63) is 83.2 Å². The Kier molecular flexibility index (Phi) is 6.35. The lowest BCUT2D eigenvalue weighted by atomic mass is 9.90. The molecule has 2 aromatic heterocycles. The smallest absolute Gasteiger partial charge is 0.411 e. The van der Waals surface area contributed by atoms with E-state index in [0.717, 1.165) is 36.0 Å². The summed E-state index contributed by atoms with van der Waals surface area (Å²) in [5, 5.41) is -0.791. The summed E-state index contributed by atoms with van der Waals surface area (Å²) in [6, 6.07) is 15.1. The molecule has 266 valence electrons. The molecule has 52 heavy (non-hydrogen) atoms. The number of rotatable bonds is 5. The summed E-state index contributed by atoms with van der Waals surface area (Å²) >= 11 is 1.57. The molecule has 0 radical (unpaired) electrons. The fourth-order valence-electron chi connectivity index (χ4n) is 8.47. The molecule has 0 N–H and O–H groups in total. The molecule has 6 aliphatic rings. The van der Waals surface area contributed by atoms with Crippen LogP contribution in [0.2, 0.25) is 0 Å². The molecule has 0 amide bonds. The molecule has 0 fully saturated rings. The number of hydrazone groups is 4. The van der Waals surface area contributed by atoms with Crippen molar-refractivity contribution in [1.29, 1.82) is 0 Å². The van der Waals surface area contributed by atoms with Crippen LogP contribution in [0.4, 0.5) is 45.9 Å². The lowest BCUT2D eigenvalue weighted by molar-refractivity contribution is -1.00. The number of halogens is 8. The zero-order valence-electron chi connectivity index (χ0n) is 27.5. The van der Waals surface area contributed by atoms with E-state index in [1.165, 1.54) is 24.3 Å². The Hall–Kier alpha value is -4.32. The van der Waals surface area contributed by atoms with Gasteiger partial charge in [-0.1, -0.05) is 51.0 Å². The molecule has 0 spiro atoms. The topological polar surface area (TPSA) is 28.4 Å². The number of fused-ring (bicyclic) bond motifs is 10. The number of para-hydroxylation sites is 2. The van der Waals surface area contributed by atoms with E-state index in [9.17, 15) is 0 Å². The quantitative estimate of drug-likeness (QED) is 0.166. The standard InChI is InChI=1S/C30H26B4F8N8S2/c1-3-9-19-15-23(45-25(19)17-43-31(35,36)47-21-11-5-7-13-27(21)51-29(47)49(43)33(45,39)40)24-16-20(10-4-2)26-18-44-32(37,38)48-22-12-6-8-14-28(22)52-30(48)50(44)34(41,42)46(24)26/h5-8,11-18H,3-4,9-10H2,1-2H3. The van der Waals surface area contributed by atoms with Gasteiger partial charge in [0, 0.05) is 11.4 Å². The number of anilines is 2. The van der Waals surface area contributed by atoms with Crippen molar-refractivity contribution in [1.82, 2.24) is 8.96 Å². The van der Waals surface area contributed by atoms with Crippen molar-refractivity contribution in [2.24, 2.45) is 0 Å². The molecule has 4 aromatic rings. The fraction of sp³-hybridized carbons (Fsp3) is 0.200. The van der Waals surface area contributed by atoms with Crippen LogP contribution in [0, 0.1) is 0 Å². The van der Waals surface area contributed by atoms with Crippen LogP contribution >= 0.6 is 23.5 Å². The first-order valence-electron chi connectivity index (χ1n) is 17.0. The van der Waals surface area contributed by atoms with Gasteiger partial charge in [0.15, 0.2) is 12.4 Å². The maximum absolute atomic E-state index is 17.4. The Labute approximate surface area is 300 Å². The highest BCUT2D eigenvalue weighted by molar-refractivity contribution is 8.15. The molecular formula is C30H26B4F8N8S2. The molecule has 8 heterocycles. The monoisotopic (exact) mass is 758 g/mol. The van der Waals surface area contributed by atoms with Gasteiger partial charge in [0.1, 0.15) is 11.4 Å². The summed E-state index contributed by atoms with van der Waals surface area (Å²) < 4.78 is 137. The Bertz CT molecular complexity index is 2290. The number of aryl methyl sites for hydroxylation is 2. The Morgan fingerprint density at radius 3 is 1.33 bits per heavy atom. The van der Waals surface area contributed by atoms with E-state index in [4.69, 9.17) is 0 Å². The molecule has 0 saturated carbocycles. The van der Waals surface area contributed by atoms with E-state index >= 15 is 34.5 Å². The Morgan fingerprint density at radius 1 is 0.558 bits per heavy atom. The maximum Gasteiger partial charge on any atom is 0.870 e. The number of hydrazine groups is 2. The van der Waals surface area contributed by atoms with Crippen LogP contribution in [0.1, 0.15) is 49.2 Å². The number of benzene rings is 2. The molecule has 10 rings (SSSR count). The van der Waals surface area contributed by atoms with Gasteiger partial charge < -0.3 is 43.5 Å². The van der Waals surface area contributed by atoms with Gasteiger partial charge in [-0.2, -0.15) is 18.4 Å². The molecule has 0 aliphatic carbocycles. The van der Waals surface area contributed by atoms with Gasteiger partial charge >= 0.3 is 27.9 Å². The Morgan fingerprint density at radius 2 is 0.942 bits per heavy atom. The predicted octanol–water partition coefficient (Wildman–Crippen LogP) is 6.77. The largest absolute Gasteiger partial charge is 0.870 e. The highest BCUT2D eigenvalue weighted by atomic mass is 32.2. The second kappa shape index (κ2) is 10.2. The number of hydrogen-bond donors (Lipinski definition) is 0. The molecule has 0 unspecified atom stereocenters.